The van der Waals surface area contributed by atoms with Gasteiger partial charge < -0.3 is 15.0 Å². The summed E-state index contributed by atoms with van der Waals surface area (Å²) in [6.07, 6.45) is 6.20. The fourth-order valence-corrected chi connectivity index (χ4v) is 5.63. The smallest absolute Gasteiger partial charge is 0.107 e. The van der Waals surface area contributed by atoms with Crippen LogP contribution in [0.5, 0.6) is 0 Å². The lowest BCUT2D eigenvalue weighted by Crippen LogP contribution is -2.47. The molecule has 1 unspecified atom stereocenters. The zero-order valence-corrected chi connectivity index (χ0v) is 17.3. The minimum atomic E-state index is -0.537. The molecular formula is C25H31N3O. The number of aliphatic hydroxyl groups is 1. The van der Waals surface area contributed by atoms with Gasteiger partial charge in [0.05, 0.1) is 16.6 Å². The van der Waals surface area contributed by atoms with Crippen LogP contribution in [0, 0.1) is 0 Å². The van der Waals surface area contributed by atoms with Crippen molar-refractivity contribution < 1.29 is 5.11 Å². The first-order valence-corrected chi connectivity index (χ1v) is 11.1. The first-order valence-electron chi connectivity index (χ1n) is 11.1. The van der Waals surface area contributed by atoms with E-state index >= 15 is 0 Å². The molecule has 0 radical (unpaired) electrons. The highest BCUT2D eigenvalue weighted by Crippen LogP contribution is 2.55. The van der Waals surface area contributed by atoms with Gasteiger partial charge in [-0.3, -0.25) is 0 Å². The van der Waals surface area contributed by atoms with Crippen molar-refractivity contribution in [3.63, 3.8) is 0 Å². The number of rotatable bonds is 7. The largest absolute Gasteiger partial charge is 0.389 e. The molecule has 152 valence electrons. The van der Waals surface area contributed by atoms with E-state index in [1.165, 1.54) is 17.5 Å². The fraction of sp³-hybridized carbons (Fsp3) is 0.480. The lowest BCUT2D eigenvalue weighted by atomic mass is 9.58. The highest BCUT2D eigenvalue weighted by Gasteiger charge is 2.48. The quantitative estimate of drug-likeness (QED) is 0.620. The highest BCUT2D eigenvalue weighted by atomic mass is 16.3. The average molecular weight is 390 g/mol. The van der Waals surface area contributed by atoms with Crippen LogP contribution in [0.15, 0.2) is 48.5 Å². The first-order chi connectivity index (χ1) is 14.1. The molecule has 3 aliphatic rings. The van der Waals surface area contributed by atoms with Crippen molar-refractivity contribution in [3.8, 4) is 0 Å². The Morgan fingerprint density at radius 1 is 1.07 bits per heavy atom. The zero-order chi connectivity index (χ0) is 19.8. The molecular weight excluding hydrogens is 358 g/mol. The van der Waals surface area contributed by atoms with Gasteiger partial charge in [0, 0.05) is 18.9 Å². The Balaban J connectivity index is 1.14. The topological polar surface area (TPSA) is 52.2 Å². The van der Waals surface area contributed by atoms with Gasteiger partial charge in [0.1, 0.15) is 5.82 Å². The minimum Gasteiger partial charge on any atom is -0.389 e. The standard InChI is InChI=1S/C25H31N3O/c1-28(15-6-11-24-26-22-9-4-5-10-23(22)27-24)16-14-25(29)17-18-12-13-21(25)20-8-3-2-7-19(18)20/h2-5,7-10,18,21,29H,6,11-17H2,1H3,(H,26,27)/t18?,21-,25+/m1/s1. The van der Waals surface area contributed by atoms with Gasteiger partial charge in [-0.25, -0.2) is 4.98 Å². The number of nitrogens with zero attached hydrogens (tertiary/aromatic N) is 2. The molecule has 2 aromatic carbocycles. The molecule has 3 aromatic rings. The number of aromatic nitrogens is 2. The number of H-pyrrole nitrogens is 1. The van der Waals surface area contributed by atoms with Crippen molar-refractivity contribution in [3.05, 3.63) is 65.5 Å². The lowest BCUT2D eigenvalue weighted by Gasteiger charge is -2.50. The summed E-state index contributed by atoms with van der Waals surface area (Å²) in [4.78, 5) is 10.5. The monoisotopic (exact) mass is 389 g/mol. The number of hydrogen-bond acceptors (Lipinski definition) is 3. The Bertz CT molecular complexity index is 963. The van der Waals surface area contributed by atoms with Crippen LogP contribution in [0.2, 0.25) is 0 Å². The third-order valence-corrected chi connectivity index (χ3v) is 7.18. The summed E-state index contributed by atoms with van der Waals surface area (Å²) < 4.78 is 0. The van der Waals surface area contributed by atoms with Crippen LogP contribution in [-0.4, -0.2) is 45.7 Å². The molecule has 2 N–H and O–H groups in total. The second-order valence-electron chi connectivity index (χ2n) is 9.12. The summed E-state index contributed by atoms with van der Waals surface area (Å²) >= 11 is 0. The van der Waals surface area contributed by atoms with Gasteiger partial charge in [-0.1, -0.05) is 36.4 Å². The van der Waals surface area contributed by atoms with E-state index in [4.69, 9.17) is 0 Å². The van der Waals surface area contributed by atoms with Gasteiger partial charge in [0.15, 0.2) is 0 Å². The summed E-state index contributed by atoms with van der Waals surface area (Å²) in [6.45, 7) is 1.97. The molecule has 1 fully saturated rings. The summed E-state index contributed by atoms with van der Waals surface area (Å²) in [6, 6.07) is 17.0. The molecule has 1 aromatic heterocycles. The maximum atomic E-state index is 11.5. The molecule has 1 heterocycles. The predicted octanol–water partition coefficient (Wildman–Crippen LogP) is 4.61. The van der Waals surface area contributed by atoms with Crippen molar-refractivity contribution in [1.29, 1.82) is 0 Å². The maximum absolute atomic E-state index is 11.5. The number of fused-ring (bicyclic) bond motifs is 3. The molecule has 1 saturated carbocycles. The van der Waals surface area contributed by atoms with Crippen molar-refractivity contribution in [2.75, 3.05) is 20.1 Å². The van der Waals surface area contributed by atoms with E-state index in [-0.39, 0.29) is 0 Å². The number of benzene rings is 2. The molecule has 3 atom stereocenters. The van der Waals surface area contributed by atoms with Crippen molar-refractivity contribution in [2.45, 2.75) is 56.0 Å². The summed E-state index contributed by atoms with van der Waals surface area (Å²) in [5.74, 6) is 1.92. The number of para-hydroxylation sites is 2. The van der Waals surface area contributed by atoms with Crippen LogP contribution in [0.1, 0.15) is 60.9 Å². The van der Waals surface area contributed by atoms with E-state index < -0.39 is 5.60 Å². The Morgan fingerprint density at radius 3 is 2.72 bits per heavy atom. The number of aryl methyl sites for hydroxylation is 1. The van der Waals surface area contributed by atoms with Gasteiger partial charge >= 0.3 is 0 Å². The van der Waals surface area contributed by atoms with Crippen LogP contribution in [0.25, 0.3) is 11.0 Å². The van der Waals surface area contributed by atoms with Gasteiger partial charge in [-0.2, -0.15) is 0 Å². The van der Waals surface area contributed by atoms with Crippen LogP contribution in [-0.2, 0) is 6.42 Å². The second-order valence-corrected chi connectivity index (χ2v) is 9.12. The van der Waals surface area contributed by atoms with Crippen molar-refractivity contribution in [2.24, 2.45) is 0 Å². The number of imidazole rings is 1. The van der Waals surface area contributed by atoms with Gasteiger partial charge in [-0.15, -0.1) is 0 Å². The Hall–Kier alpha value is -2.17. The molecule has 4 nitrogen and oxygen atoms in total. The maximum Gasteiger partial charge on any atom is 0.107 e. The second kappa shape index (κ2) is 7.58. The third-order valence-electron chi connectivity index (χ3n) is 7.18. The van der Waals surface area contributed by atoms with Crippen LogP contribution < -0.4 is 0 Å². The van der Waals surface area contributed by atoms with Gasteiger partial charge in [0.2, 0.25) is 0 Å². The van der Waals surface area contributed by atoms with Crippen LogP contribution in [0.3, 0.4) is 0 Å². The lowest BCUT2D eigenvalue weighted by molar-refractivity contribution is -0.0452. The third kappa shape index (κ3) is 3.60. The van der Waals surface area contributed by atoms with E-state index in [1.54, 1.807) is 0 Å². The molecule has 0 aliphatic heterocycles. The van der Waals surface area contributed by atoms with E-state index in [0.717, 1.165) is 62.1 Å². The Kier molecular flexibility index (Phi) is 4.92. The zero-order valence-electron chi connectivity index (χ0n) is 17.3. The molecule has 3 aliphatic carbocycles. The first kappa shape index (κ1) is 18.8. The van der Waals surface area contributed by atoms with Crippen molar-refractivity contribution in [1.82, 2.24) is 14.9 Å². The normalized spacial score (nSPS) is 25.6. The van der Waals surface area contributed by atoms with Crippen LogP contribution in [0.4, 0.5) is 0 Å². The van der Waals surface area contributed by atoms with Crippen molar-refractivity contribution >= 4 is 11.0 Å². The van der Waals surface area contributed by atoms with E-state index in [1.807, 2.05) is 12.1 Å². The molecule has 0 amide bonds. The molecule has 0 spiro atoms. The molecule has 29 heavy (non-hydrogen) atoms. The Labute approximate surface area is 173 Å². The van der Waals surface area contributed by atoms with Gasteiger partial charge in [-0.05, 0) is 74.9 Å². The summed E-state index contributed by atoms with van der Waals surface area (Å²) in [5, 5.41) is 11.5. The SMILES string of the molecule is CN(CCCc1nc2ccccc2[nH]1)CC[C@]1(O)CC2CC[C@@H]1c1ccccc12. The van der Waals surface area contributed by atoms with Gasteiger partial charge in [0.25, 0.3) is 0 Å². The van der Waals surface area contributed by atoms with E-state index in [9.17, 15) is 5.11 Å². The predicted molar refractivity (Wildman–Crippen MR) is 117 cm³/mol. The summed E-state index contributed by atoms with van der Waals surface area (Å²) in [5.41, 5.74) is 4.53. The van der Waals surface area contributed by atoms with Crippen LogP contribution >= 0.6 is 0 Å². The van der Waals surface area contributed by atoms with E-state index in [0.29, 0.717) is 11.8 Å². The van der Waals surface area contributed by atoms with E-state index in [2.05, 4.69) is 58.3 Å². The fourth-order valence-electron chi connectivity index (χ4n) is 5.63. The average Bonchev–Trinajstić information content (AvgIpc) is 3.16. The minimum absolute atomic E-state index is 0.313. The summed E-state index contributed by atoms with van der Waals surface area (Å²) in [7, 11) is 2.18. The Morgan fingerprint density at radius 2 is 1.86 bits per heavy atom. The molecule has 0 saturated heterocycles. The molecule has 2 bridgehead atoms. The number of hydrogen-bond donors (Lipinski definition) is 2. The molecule has 4 heteroatoms. The number of aromatic amines is 1. The highest BCUT2D eigenvalue weighted by molar-refractivity contribution is 5.74. The number of nitrogens with one attached hydrogen (secondary N) is 1. The molecule has 6 rings (SSSR count).